The fourth-order valence-electron chi connectivity index (χ4n) is 1.42. The van der Waals surface area contributed by atoms with E-state index < -0.39 is 0 Å². The Morgan fingerprint density at radius 3 is 2.44 bits per heavy atom. The van der Waals surface area contributed by atoms with Crippen molar-refractivity contribution in [2.75, 3.05) is 7.11 Å². The molecule has 1 unspecified atom stereocenters. The van der Waals surface area contributed by atoms with Crippen molar-refractivity contribution in [3.8, 4) is 0 Å². The summed E-state index contributed by atoms with van der Waals surface area (Å²) in [6, 6.07) is 0.295. The number of ether oxygens (including phenoxy) is 1. The summed E-state index contributed by atoms with van der Waals surface area (Å²) < 4.78 is 5.18. The first-order valence-electron chi connectivity index (χ1n) is 3.63. The molecule has 0 radical (unpaired) electrons. The van der Waals surface area contributed by atoms with E-state index in [0.717, 1.165) is 12.8 Å². The Labute approximate surface area is 56.4 Å². The molecule has 0 aliphatic heterocycles. The zero-order chi connectivity index (χ0) is 6.69. The topological polar surface area (TPSA) is 35.2 Å². The summed E-state index contributed by atoms with van der Waals surface area (Å²) in [4.78, 5) is 0. The predicted molar refractivity (Wildman–Crippen MR) is 37.2 cm³/mol. The van der Waals surface area contributed by atoms with Gasteiger partial charge in [-0.25, -0.2) is 0 Å². The monoisotopic (exact) mass is 129 g/mol. The van der Waals surface area contributed by atoms with Crippen LogP contribution < -0.4 is 5.73 Å². The first-order chi connectivity index (χ1) is 4.34. The van der Waals surface area contributed by atoms with Crippen molar-refractivity contribution >= 4 is 0 Å². The van der Waals surface area contributed by atoms with E-state index in [1.807, 2.05) is 0 Å². The van der Waals surface area contributed by atoms with Crippen molar-refractivity contribution in [3.63, 3.8) is 0 Å². The first-order valence-corrected chi connectivity index (χ1v) is 3.63. The summed E-state index contributed by atoms with van der Waals surface area (Å²) in [7, 11) is 1.75. The minimum atomic E-state index is 0.295. The van der Waals surface area contributed by atoms with Crippen LogP contribution in [-0.4, -0.2) is 19.3 Å². The van der Waals surface area contributed by atoms with Crippen molar-refractivity contribution in [1.29, 1.82) is 0 Å². The molecule has 0 aromatic heterocycles. The highest BCUT2D eigenvalue weighted by Gasteiger charge is 2.20. The molecule has 2 nitrogen and oxygen atoms in total. The quantitative estimate of drug-likeness (QED) is 0.571. The number of hydrogen-bond donors (Lipinski definition) is 1. The second kappa shape index (κ2) is 3.18. The lowest BCUT2D eigenvalue weighted by Gasteiger charge is -2.26. The molecule has 0 amide bonds. The fourth-order valence-corrected chi connectivity index (χ4v) is 1.42. The molecule has 1 rings (SSSR count). The smallest absolute Gasteiger partial charge is 0.0722 e. The standard InChI is InChI=1S/C7H15NO/c1-9-7-5-3-2-4-6(7)8/h6-7H,2-5,8H2,1H3/t6?,7-/m0/s1. The highest BCUT2D eigenvalue weighted by atomic mass is 16.5. The molecular weight excluding hydrogens is 114 g/mol. The molecule has 1 saturated carbocycles. The molecule has 0 bridgehead atoms. The van der Waals surface area contributed by atoms with Gasteiger partial charge in [-0.3, -0.25) is 0 Å². The summed E-state index contributed by atoms with van der Waals surface area (Å²) in [5, 5.41) is 0. The lowest BCUT2D eigenvalue weighted by atomic mass is 9.93. The van der Waals surface area contributed by atoms with Gasteiger partial charge in [0.1, 0.15) is 0 Å². The summed E-state index contributed by atoms with van der Waals surface area (Å²) in [6.45, 7) is 0. The molecular formula is C7H15NO. The van der Waals surface area contributed by atoms with Crippen molar-refractivity contribution < 1.29 is 4.74 Å². The Bertz CT molecular complexity index is 85.0. The summed E-state index contributed by atoms with van der Waals surface area (Å²) >= 11 is 0. The molecule has 9 heavy (non-hydrogen) atoms. The van der Waals surface area contributed by atoms with Gasteiger partial charge in [-0.05, 0) is 12.8 Å². The maximum absolute atomic E-state index is 5.76. The molecule has 2 atom stereocenters. The van der Waals surface area contributed by atoms with Gasteiger partial charge in [0.25, 0.3) is 0 Å². The normalized spacial score (nSPS) is 36.7. The van der Waals surface area contributed by atoms with Crippen molar-refractivity contribution in [2.45, 2.75) is 37.8 Å². The van der Waals surface area contributed by atoms with Gasteiger partial charge in [-0.1, -0.05) is 12.8 Å². The third-order valence-electron chi connectivity index (χ3n) is 2.06. The van der Waals surface area contributed by atoms with E-state index in [-0.39, 0.29) is 0 Å². The lowest BCUT2D eigenvalue weighted by Crippen LogP contribution is -2.38. The van der Waals surface area contributed by atoms with Crippen molar-refractivity contribution in [1.82, 2.24) is 0 Å². The maximum atomic E-state index is 5.76. The van der Waals surface area contributed by atoms with E-state index in [4.69, 9.17) is 10.5 Å². The van der Waals surface area contributed by atoms with Gasteiger partial charge in [0, 0.05) is 13.2 Å². The third kappa shape index (κ3) is 1.66. The highest BCUT2D eigenvalue weighted by molar-refractivity contribution is 4.77. The van der Waals surface area contributed by atoms with E-state index in [1.165, 1.54) is 12.8 Å². The fraction of sp³-hybridized carbons (Fsp3) is 1.00. The van der Waals surface area contributed by atoms with Crippen LogP contribution in [0.15, 0.2) is 0 Å². The Kier molecular flexibility index (Phi) is 2.49. The van der Waals surface area contributed by atoms with E-state index in [2.05, 4.69) is 0 Å². The molecule has 0 aromatic rings. The first kappa shape index (κ1) is 7.03. The zero-order valence-corrected chi connectivity index (χ0v) is 5.97. The molecule has 0 heterocycles. The van der Waals surface area contributed by atoms with Gasteiger partial charge in [0.15, 0.2) is 0 Å². The second-order valence-corrected chi connectivity index (χ2v) is 2.72. The van der Waals surface area contributed by atoms with Crippen LogP contribution in [0.3, 0.4) is 0 Å². The Hall–Kier alpha value is -0.0800. The van der Waals surface area contributed by atoms with Gasteiger partial charge < -0.3 is 10.5 Å². The highest BCUT2D eigenvalue weighted by Crippen LogP contribution is 2.18. The molecule has 54 valence electrons. The van der Waals surface area contributed by atoms with Crippen LogP contribution in [0, 0.1) is 0 Å². The van der Waals surface area contributed by atoms with Crippen LogP contribution in [0.25, 0.3) is 0 Å². The van der Waals surface area contributed by atoms with E-state index in [1.54, 1.807) is 7.11 Å². The van der Waals surface area contributed by atoms with Crippen LogP contribution >= 0.6 is 0 Å². The number of nitrogens with two attached hydrogens (primary N) is 1. The second-order valence-electron chi connectivity index (χ2n) is 2.72. The Morgan fingerprint density at radius 1 is 1.33 bits per heavy atom. The maximum Gasteiger partial charge on any atom is 0.0722 e. The van der Waals surface area contributed by atoms with Gasteiger partial charge in [-0.2, -0.15) is 0 Å². The number of hydrogen-bond acceptors (Lipinski definition) is 2. The van der Waals surface area contributed by atoms with E-state index in [9.17, 15) is 0 Å². The van der Waals surface area contributed by atoms with E-state index >= 15 is 0 Å². The molecule has 1 fully saturated rings. The van der Waals surface area contributed by atoms with Crippen LogP contribution in [0.2, 0.25) is 0 Å². The van der Waals surface area contributed by atoms with Gasteiger partial charge in [-0.15, -0.1) is 0 Å². The zero-order valence-electron chi connectivity index (χ0n) is 5.97. The Morgan fingerprint density at radius 2 is 2.00 bits per heavy atom. The summed E-state index contributed by atoms with van der Waals surface area (Å²) in [5.41, 5.74) is 5.76. The average Bonchev–Trinajstić information content (AvgIpc) is 1.89. The minimum absolute atomic E-state index is 0.295. The molecule has 0 spiro atoms. The number of rotatable bonds is 1. The lowest BCUT2D eigenvalue weighted by molar-refractivity contribution is 0.0545. The molecule has 0 saturated heterocycles. The predicted octanol–water partition coefficient (Wildman–Crippen LogP) is 0.903. The summed E-state index contributed by atoms with van der Waals surface area (Å²) in [6.07, 6.45) is 5.18. The largest absolute Gasteiger partial charge is 0.380 e. The van der Waals surface area contributed by atoms with Gasteiger partial charge in [0.05, 0.1) is 6.10 Å². The SMILES string of the molecule is CO[C@H]1CCCCC1N. The molecule has 0 aromatic carbocycles. The Balaban J connectivity index is 2.30. The molecule has 2 heteroatoms. The van der Waals surface area contributed by atoms with Crippen molar-refractivity contribution in [3.05, 3.63) is 0 Å². The van der Waals surface area contributed by atoms with Crippen LogP contribution in [0.1, 0.15) is 25.7 Å². The van der Waals surface area contributed by atoms with Crippen LogP contribution in [0.4, 0.5) is 0 Å². The summed E-state index contributed by atoms with van der Waals surface area (Å²) in [5.74, 6) is 0. The molecule has 1 aliphatic rings. The van der Waals surface area contributed by atoms with Crippen molar-refractivity contribution in [2.24, 2.45) is 5.73 Å². The third-order valence-corrected chi connectivity index (χ3v) is 2.06. The molecule has 1 aliphatic carbocycles. The minimum Gasteiger partial charge on any atom is -0.380 e. The van der Waals surface area contributed by atoms with Gasteiger partial charge >= 0.3 is 0 Å². The van der Waals surface area contributed by atoms with Crippen LogP contribution in [-0.2, 0) is 4.74 Å². The van der Waals surface area contributed by atoms with Crippen LogP contribution in [0.5, 0.6) is 0 Å². The van der Waals surface area contributed by atoms with Gasteiger partial charge in [0.2, 0.25) is 0 Å². The number of methoxy groups -OCH3 is 1. The average molecular weight is 129 g/mol. The van der Waals surface area contributed by atoms with E-state index in [0.29, 0.717) is 12.1 Å². The molecule has 2 N–H and O–H groups in total.